The maximum atomic E-state index is 12.6. The molecule has 1 aliphatic heterocycles. The molecule has 3 heterocycles. The molecule has 0 amide bonds. The topological polar surface area (TPSA) is 130 Å². The van der Waals surface area contributed by atoms with E-state index in [4.69, 9.17) is 15.2 Å². The van der Waals surface area contributed by atoms with Gasteiger partial charge in [-0.25, -0.2) is 4.98 Å². The van der Waals surface area contributed by atoms with Gasteiger partial charge in [0.25, 0.3) is 0 Å². The van der Waals surface area contributed by atoms with Crippen molar-refractivity contribution in [2.24, 2.45) is 5.92 Å². The largest absolute Gasteiger partial charge is 0.462 e. The Morgan fingerprint density at radius 1 is 1.62 bits per heavy atom. The van der Waals surface area contributed by atoms with Crippen LogP contribution in [0, 0.1) is 5.92 Å². The van der Waals surface area contributed by atoms with E-state index in [1.54, 1.807) is 6.92 Å². The van der Waals surface area contributed by atoms with Gasteiger partial charge in [-0.3, -0.25) is 14.2 Å². The Bertz CT molecular complexity index is 866. The zero-order chi connectivity index (χ0) is 19.0. The number of rotatable bonds is 5. The third kappa shape index (κ3) is 3.44. The second kappa shape index (κ2) is 7.29. The van der Waals surface area contributed by atoms with E-state index >= 15 is 0 Å². The van der Waals surface area contributed by atoms with Crippen LogP contribution >= 0.6 is 11.3 Å². The molecular formula is C16H22N4O5S. The minimum Gasteiger partial charge on any atom is -0.462 e. The lowest BCUT2D eigenvalue weighted by Gasteiger charge is -2.24. The molecular weight excluding hydrogens is 360 g/mol. The third-order valence-corrected chi connectivity index (χ3v) is 5.50. The average molecular weight is 382 g/mol. The number of aliphatic hydroxyl groups excluding tert-OH is 1. The minimum absolute atomic E-state index is 0.0526. The number of aromatic nitrogens is 3. The van der Waals surface area contributed by atoms with Crippen molar-refractivity contribution < 1.29 is 19.4 Å². The number of hydrogen-bond donors (Lipinski definition) is 2. The first-order valence-corrected chi connectivity index (χ1v) is 9.27. The van der Waals surface area contributed by atoms with E-state index in [1.807, 2.05) is 6.92 Å². The molecule has 2 aromatic heterocycles. The van der Waals surface area contributed by atoms with Crippen LogP contribution in [0.2, 0.25) is 0 Å². The Balaban J connectivity index is 2.04. The van der Waals surface area contributed by atoms with Gasteiger partial charge in [0.05, 0.1) is 23.1 Å². The molecule has 3 N–H and O–H groups in total. The summed E-state index contributed by atoms with van der Waals surface area (Å²) in [5, 5.41) is 10.2. The van der Waals surface area contributed by atoms with Gasteiger partial charge in [-0.2, -0.15) is 4.98 Å². The first kappa shape index (κ1) is 18.7. The fourth-order valence-corrected chi connectivity index (χ4v) is 4.15. The lowest BCUT2D eigenvalue weighted by Crippen LogP contribution is -2.32. The number of anilines is 1. The molecule has 0 bridgehead atoms. The summed E-state index contributed by atoms with van der Waals surface area (Å²) in [6, 6.07) is 0. The number of nitrogens with two attached hydrogens (primary N) is 1. The van der Waals surface area contributed by atoms with Crippen molar-refractivity contribution in [2.45, 2.75) is 58.2 Å². The Morgan fingerprint density at radius 3 is 3.00 bits per heavy atom. The molecule has 26 heavy (non-hydrogen) atoms. The smallest absolute Gasteiger partial charge is 0.311 e. The van der Waals surface area contributed by atoms with Crippen molar-refractivity contribution in [1.29, 1.82) is 0 Å². The number of thiazole rings is 1. The van der Waals surface area contributed by atoms with Crippen LogP contribution in [-0.4, -0.2) is 43.9 Å². The lowest BCUT2D eigenvalue weighted by molar-refractivity contribution is -0.150. The van der Waals surface area contributed by atoms with Crippen LogP contribution in [0.5, 0.6) is 0 Å². The summed E-state index contributed by atoms with van der Waals surface area (Å²) in [4.78, 5) is 31.8. The monoisotopic (exact) mass is 382 g/mol. The molecule has 9 nitrogen and oxygen atoms in total. The fourth-order valence-electron chi connectivity index (χ4n) is 3.33. The van der Waals surface area contributed by atoms with Crippen LogP contribution in [0.1, 0.15) is 39.8 Å². The summed E-state index contributed by atoms with van der Waals surface area (Å²) in [5.74, 6) is -0.668. The van der Waals surface area contributed by atoms with Gasteiger partial charge >= 0.3 is 10.8 Å². The first-order valence-electron chi connectivity index (χ1n) is 8.46. The maximum absolute atomic E-state index is 12.6. The number of hydrogen-bond acceptors (Lipinski definition) is 9. The molecule has 0 aromatic carbocycles. The van der Waals surface area contributed by atoms with Gasteiger partial charge in [0.2, 0.25) is 5.95 Å². The van der Waals surface area contributed by atoms with Crippen molar-refractivity contribution in [2.75, 3.05) is 5.73 Å². The molecule has 0 unspecified atom stereocenters. The van der Waals surface area contributed by atoms with Gasteiger partial charge in [-0.1, -0.05) is 18.3 Å². The molecule has 1 aliphatic rings. The number of carbonyl (C=O) groups is 1. The molecule has 5 atom stereocenters. The highest BCUT2D eigenvalue weighted by Gasteiger charge is 2.44. The molecule has 142 valence electrons. The van der Waals surface area contributed by atoms with E-state index < -0.39 is 30.5 Å². The van der Waals surface area contributed by atoms with Crippen LogP contribution in [-0.2, 0) is 14.3 Å². The molecule has 0 spiro atoms. The second-order valence-corrected chi connectivity index (χ2v) is 7.40. The fraction of sp³-hybridized carbons (Fsp3) is 0.625. The molecule has 3 rings (SSSR count). The Morgan fingerprint density at radius 2 is 2.35 bits per heavy atom. The summed E-state index contributed by atoms with van der Waals surface area (Å²) in [5.41, 5.74) is 6.05. The van der Waals surface area contributed by atoms with E-state index in [0.717, 1.165) is 11.3 Å². The number of ether oxygens (including phenoxy) is 2. The van der Waals surface area contributed by atoms with Gasteiger partial charge in [0, 0.05) is 12.8 Å². The summed E-state index contributed by atoms with van der Waals surface area (Å²) in [6.45, 7) is 4.94. The average Bonchev–Trinajstić information content (AvgIpc) is 3.13. The SMILES string of the molecule is CC[C@H](O)[C@@H]1C[C@@H]([C@@H](C)OC(C)=O)[C@H](n2c(=O)sc3cnc(N)nc32)O1. The van der Waals surface area contributed by atoms with E-state index in [2.05, 4.69) is 9.97 Å². The Hall–Kier alpha value is -2.04. The minimum atomic E-state index is -0.717. The predicted molar refractivity (Wildman–Crippen MR) is 95.6 cm³/mol. The van der Waals surface area contributed by atoms with Gasteiger partial charge in [0.15, 0.2) is 5.65 Å². The van der Waals surface area contributed by atoms with Crippen molar-refractivity contribution in [1.82, 2.24) is 14.5 Å². The number of nitrogens with zero attached hydrogens (tertiary/aromatic N) is 3. The molecule has 10 heteroatoms. The number of aliphatic hydroxyl groups is 1. The lowest BCUT2D eigenvalue weighted by atomic mass is 9.95. The zero-order valence-electron chi connectivity index (χ0n) is 14.8. The Labute approximate surface area is 153 Å². The second-order valence-electron chi connectivity index (χ2n) is 6.41. The highest BCUT2D eigenvalue weighted by atomic mass is 32.1. The summed E-state index contributed by atoms with van der Waals surface area (Å²) in [6.07, 6.45) is 0.122. The molecule has 0 saturated carbocycles. The van der Waals surface area contributed by atoms with Gasteiger partial charge in [-0.15, -0.1) is 0 Å². The molecule has 0 aliphatic carbocycles. The number of esters is 1. The zero-order valence-corrected chi connectivity index (χ0v) is 15.6. The van der Waals surface area contributed by atoms with Crippen molar-refractivity contribution >= 4 is 33.6 Å². The molecule has 2 aromatic rings. The standard InChI is InChI=1S/C16H22N4O5S/c1-4-10(22)11-5-9(7(2)24-8(3)21)14(25-11)20-13-12(26-16(20)23)6-18-15(17)19-13/h6-7,9-11,14,22H,4-5H2,1-3H3,(H2,17,18,19)/t7-,9+,10+,11+,14-/m1/s1. The normalized spacial score (nSPS) is 25.3. The highest BCUT2D eigenvalue weighted by molar-refractivity contribution is 7.16. The highest BCUT2D eigenvalue weighted by Crippen LogP contribution is 2.40. The van der Waals surface area contributed by atoms with E-state index in [9.17, 15) is 14.7 Å². The summed E-state index contributed by atoms with van der Waals surface area (Å²) >= 11 is 0.994. The van der Waals surface area contributed by atoms with E-state index in [1.165, 1.54) is 17.7 Å². The summed E-state index contributed by atoms with van der Waals surface area (Å²) < 4.78 is 13.4. The number of fused-ring (bicyclic) bond motifs is 1. The summed E-state index contributed by atoms with van der Waals surface area (Å²) in [7, 11) is 0. The first-order chi connectivity index (χ1) is 12.3. The van der Waals surface area contributed by atoms with Crippen LogP contribution in [0.25, 0.3) is 10.3 Å². The van der Waals surface area contributed by atoms with E-state index in [0.29, 0.717) is 23.2 Å². The maximum Gasteiger partial charge on any atom is 0.311 e. The van der Waals surface area contributed by atoms with Crippen molar-refractivity contribution in [3.8, 4) is 0 Å². The van der Waals surface area contributed by atoms with Crippen LogP contribution in [0.4, 0.5) is 5.95 Å². The number of carbonyl (C=O) groups excluding carboxylic acids is 1. The third-order valence-electron chi connectivity index (χ3n) is 4.62. The van der Waals surface area contributed by atoms with E-state index in [-0.39, 0.29) is 16.7 Å². The molecule has 0 radical (unpaired) electrons. The van der Waals surface area contributed by atoms with Gasteiger partial charge in [0.1, 0.15) is 12.3 Å². The van der Waals surface area contributed by atoms with Crippen molar-refractivity contribution in [3.05, 3.63) is 15.9 Å². The molecule has 1 fully saturated rings. The van der Waals surface area contributed by atoms with Gasteiger partial charge < -0.3 is 20.3 Å². The number of nitrogen functional groups attached to an aromatic ring is 1. The van der Waals surface area contributed by atoms with Crippen LogP contribution < -0.4 is 10.6 Å². The molecule has 1 saturated heterocycles. The van der Waals surface area contributed by atoms with Gasteiger partial charge in [-0.05, 0) is 19.8 Å². The van der Waals surface area contributed by atoms with Crippen LogP contribution in [0.3, 0.4) is 0 Å². The Kier molecular flexibility index (Phi) is 5.26. The van der Waals surface area contributed by atoms with Crippen molar-refractivity contribution in [3.63, 3.8) is 0 Å². The quantitative estimate of drug-likeness (QED) is 0.734. The van der Waals surface area contributed by atoms with Crippen LogP contribution in [0.15, 0.2) is 11.0 Å². The predicted octanol–water partition coefficient (Wildman–Crippen LogP) is 1.06.